The monoisotopic (exact) mass is 319 g/mol. The lowest BCUT2D eigenvalue weighted by Gasteiger charge is -2.38. The molecule has 0 radical (unpaired) electrons. The van der Waals surface area contributed by atoms with Gasteiger partial charge in [0, 0.05) is 17.8 Å². The van der Waals surface area contributed by atoms with Gasteiger partial charge in [-0.05, 0) is 53.2 Å². The largest absolute Gasteiger partial charge is 0.331 e. The topological polar surface area (TPSA) is 35.9 Å². The molecule has 1 saturated heterocycles. The van der Waals surface area contributed by atoms with Gasteiger partial charge < -0.3 is 0 Å². The van der Waals surface area contributed by atoms with Gasteiger partial charge in [0.2, 0.25) is 0 Å². The molecule has 1 aromatic rings. The highest BCUT2D eigenvalue weighted by molar-refractivity contribution is 8.14. The van der Waals surface area contributed by atoms with Crippen LogP contribution in [0.4, 0.5) is 10.5 Å². The number of hydrogen-bond donors (Lipinski definition) is 0. The van der Waals surface area contributed by atoms with Crippen LogP contribution in [0.25, 0.3) is 0 Å². The molecule has 0 bridgehead atoms. The lowest BCUT2D eigenvalue weighted by molar-refractivity contribution is 0.220. The van der Waals surface area contributed by atoms with Crippen molar-refractivity contribution in [3.63, 3.8) is 0 Å². The van der Waals surface area contributed by atoms with Gasteiger partial charge in [0.1, 0.15) is 0 Å². The van der Waals surface area contributed by atoms with Crippen molar-refractivity contribution < 1.29 is 4.79 Å². The standard InChI is InChI=1S/C17H25N3OS/c1-11(2)18-16-20(12(3)4)17(21)19(10-22-16)15-8-7-13(5)9-14(15)6/h7-9,11-12H,10H2,1-6H3. The minimum Gasteiger partial charge on any atom is -0.284 e. The van der Waals surface area contributed by atoms with Gasteiger partial charge in [0.25, 0.3) is 0 Å². The van der Waals surface area contributed by atoms with Crippen molar-refractivity contribution >= 4 is 28.6 Å². The van der Waals surface area contributed by atoms with E-state index >= 15 is 0 Å². The van der Waals surface area contributed by atoms with Crippen LogP contribution in [-0.2, 0) is 0 Å². The van der Waals surface area contributed by atoms with E-state index in [0.717, 1.165) is 16.4 Å². The number of benzene rings is 1. The quantitative estimate of drug-likeness (QED) is 0.827. The van der Waals surface area contributed by atoms with Crippen LogP contribution in [0.1, 0.15) is 38.8 Å². The molecule has 0 saturated carbocycles. The normalized spacial score (nSPS) is 18.0. The summed E-state index contributed by atoms with van der Waals surface area (Å²) in [6.45, 7) is 12.2. The first kappa shape index (κ1) is 16.9. The summed E-state index contributed by atoms with van der Waals surface area (Å²) in [7, 11) is 0. The predicted octanol–water partition coefficient (Wildman–Crippen LogP) is 4.41. The average molecular weight is 319 g/mol. The van der Waals surface area contributed by atoms with Gasteiger partial charge in [-0.2, -0.15) is 0 Å². The molecule has 2 amide bonds. The molecule has 5 heteroatoms. The Kier molecular flexibility index (Phi) is 5.16. The van der Waals surface area contributed by atoms with E-state index in [4.69, 9.17) is 0 Å². The molecule has 4 nitrogen and oxygen atoms in total. The van der Waals surface area contributed by atoms with Crippen LogP contribution >= 0.6 is 11.8 Å². The first-order valence-electron chi connectivity index (χ1n) is 7.70. The Morgan fingerprint density at radius 3 is 2.41 bits per heavy atom. The minimum atomic E-state index is 0.0140. The van der Waals surface area contributed by atoms with Gasteiger partial charge in [-0.3, -0.25) is 14.8 Å². The fraction of sp³-hybridized carbons (Fsp3) is 0.529. The summed E-state index contributed by atoms with van der Waals surface area (Å²) in [5.74, 6) is 0.609. The van der Waals surface area contributed by atoms with Crippen molar-refractivity contribution in [2.24, 2.45) is 4.99 Å². The second-order valence-electron chi connectivity index (χ2n) is 6.24. The number of amidine groups is 1. The first-order valence-corrected chi connectivity index (χ1v) is 8.68. The first-order chi connectivity index (χ1) is 10.3. The molecule has 0 atom stereocenters. The Morgan fingerprint density at radius 2 is 1.86 bits per heavy atom. The fourth-order valence-corrected chi connectivity index (χ4v) is 3.71. The highest BCUT2D eigenvalue weighted by atomic mass is 32.2. The third-order valence-electron chi connectivity index (χ3n) is 3.49. The number of amides is 2. The van der Waals surface area contributed by atoms with Crippen LogP contribution in [0, 0.1) is 13.8 Å². The van der Waals surface area contributed by atoms with Crippen LogP contribution in [0.3, 0.4) is 0 Å². The third kappa shape index (κ3) is 3.46. The predicted molar refractivity (Wildman–Crippen MR) is 95.8 cm³/mol. The second-order valence-corrected chi connectivity index (χ2v) is 7.16. The molecule has 0 aromatic heterocycles. The maximum Gasteiger partial charge on any atom is 0.331 e. The number of nitrogens with zero attached hydrogens (tertiary/aromatic N) is 3. The van der Waals surface area contributed by atoms with E-state index in [1.54, 1.807) is 16.7 Å². The van der Waals surface area contributed by atoms with Crippen LogP contribution < -0.4 is 4.90 Å². The van der Waals surface area contributed by atoms with Gasteiger partial charge in [0.05, 0.1) is 5.88 Å². The Labute approximate surface area is 137 Å². The second kappa shape index (κ2) is 6.73. The van der Waals surface area contributed by atoms with Crippen molar-refractivity contribution in [2.45, 2.75) is 53.6 Å². The Balaban J connectivity index is 2.36. The minimum absolute atomic E-state index is 0.0140. The van der Waals surface area contributed by atoms with Gasteiger partial charge in [-0.15, -0.1) is 0 Å². The van der Waals surface area contributed by atoms with E-state index in [-0.39, 0.29) is 18.1 Å². The van der Waals surface area contributed by atoms with E-state index in [9.17, 15) is 4.79 Å². The number of anilines is 1. The summed E-state index contributed by atoms with van der Waals surface area (Å²) in [6, 6.07) is 6.49. The number of carbonyl (C=O) groups excluding carboxylic acids is 1. The molecule has 0 spiro atoms. The number of urea groups is 1. The van der Waals surface area contributed by atoms with Crippen molar-refractivity contribution in [3.05, 3.63) is 29.3 Å². The highest BCUT2D eigenvalue weighted by Crippen LogP contribution is 2.30. The summed E-state index contributed by atoms with van der Waals surface area (Å²) in [5.41, 5.74) is 3.32. The highest BCUT2D eigenvalue weighted by Gasteiger charge is 2.34. The number of aliphatic imine (C=N–C) groups is 1. The van der Waals surface area contributed by atoms with Crippen LogP contribution in [-0.4, -0.2) is 34.1 Å². The number of thioether (sulfide) groups is 1. The summed E-state index contributed by atoms with van der Waals surface area (Å²) >= 11 is 1.63. The lowest BCUT2D eigenvalue weighted by atomic mass is 10.1. The molecule has 22 heavy (non-hydrogen) atoms. The van der Waals surface area contributed by atoms with Crippen molar-refractivity contribution in [1.29, 1.82) is 0 Å². The number of carbonyl (C=O) groups is 1. The number of aryl methyl sites for hydroxylation is 2. The smallest absolute Gasteiger partial charge is 0.284 e. The van der Waals surface area contributed by atoms with Crippen LogP contribution in [0.15, 0.2) is 23.2 Å². The van der Waals surface area contributed by atoms with Crippen molar-refractivity contribution in [3.8, 4) is 0 Å². The zero-order chi connectivity index (χ0) is 16.4. The van der Waals surface area contributed by atoms with Crippen LogP contribution in [0.2, 0.25) is 0 Å². The van der Waals surface area contributed by atoms with Gasteiger partial charge in [-0.25, -0.2) is 4.79 Å². The van der Waals surface area contributed by atoms with E-state index in [1.807, 2.05) is 38.7 Å². The van der Waals surface area contributed by atoms with Crippen molar-refractivity contribution in [2.75, 3.05) is 10.8 Å². The Morgan fingerprint density at radius 1 is 1.18 bits per heavy atom. The molecule has 1 aliphatic heterocycles. The maximum absolute atomic E-state index is 13.0. The molecule has 1 fully saturated rings. The SMILES string of the molecule is Cc1ccc(N2CSC(=NC(C)C)N(C(C)C)C2=O)c(C)c1. The summed E-state index contributed by atoms with van der Waals surface area (Å²) in [6.07, 6.45) is 0. The number of hydrogen-bond acceptors (Lipinski definition) is 3. The van der Waals surface area contributed by atoms with E-state index in [0.29, 0.717) is 5.88 Å². The van der Waals surface area contributed by atoms with Gasteiger partial charge in [0.15, 0.2) is 5.17 Å². The summed E-state index contributed by atoms with van der Waals surface area (Å²) < 4.78 is 0. The molecule has 2 rings (SSSR count). The summed E-state index contributed by atoms with van der Waals surface area (Å²) in [4.78, 5) is 21.2. The molecule has 1 heterocycles. The molecule has 0 aliphatic carbocycles. The Hall–Kier alpha value is -1.49. The average Bonchev–Trinajstić information content (AvgIpc) is 2.39. The van der Waals surface area contributed by atoms with E-state index < -0.39 is 0 Å². The van der Waals surface area contributed by atoms with Gasteiger partial charge >= 0.3 is 6.03 Å². The number of rotatable bonds is 3. The molecule has 0 unspecified atom stereocenters. The van der Waals surface area contributed by atoms with E-state index in [2.05, 4.69) is 31.0 Å². The van der Waals surface area contributed by atoms with Crippen molar-refractivity contribution in [1.82, 2.24) is 4.90 Å². The third-order valence-corrected chi connectivity index (χ3v) is 4.44. The zero-order valence-electron chi connectivity index (χ0n) is 14.3. The van der Waals surface area contributed by atoms with Crippen LogP contribution in [0.5, 0.6) is 0 Å². The summed E-state index contributed by atoms with van der Waals surface area (Å²) in [5, 5.41) is 0.830. The molecular formula is C17H25N3OS. The van der Waals surface area contributed by atoms with Gasteiger partial charge in [-0.1, -0.05) is 29.5 Å². The molecular weight excluding hydrogens is 294 g/mol. The molecule has 0 N–H and O–H groups in total. The fourth-order valence-electron chi connectivity index (χ4n) is 2.50. The molecule has 1 aromatic carbocycles. The maximum atomic E-state index is 13.0. The molecule has 120 valence electrons. The zero-order valence-corrected chi connectivity index (χ0v) is 15.1. The Bertz CT molecular complexity index is 596. The molecule has 1 aliphatic rings. The lowest BCUT2D eigenvalue weighted by Crippen LogP contribution is -2.53. The van der Waals surface area contributed by atoms with E-state index in [1.165, 1.54) is 5.56 Å².